The third kappa shape index (κ3) is 2.35. The minimum Gasteiger partial charge on any atom is -0.461 e. The van der Waals surface area contributed by atoms with E-state index >= 15 is 0 Å². The number of rotatable bonds is 4. The van der Waals surface area contributed by atoms with Gasteiger partial charge in [0.25, 0.3) is 0 Å². The maximum absolute atomic E-state index is 5.90. The van der Waals surface area contributed by atoms with Crippen LogP contribution in [0.2, 0.25) is 0 Å². The highest BCUT2D eigenvalue weighted by atomic mass is 16.3. The van der Waals surface area contributed by atoms with Crippen LogP contribution < -0.4 is 0 Å². The summed E-state index contributed by atoms with van der Waals surface area (Å²) in [4.78, 5) is 0. The molecule has 1 heterocycles. The van der Waals surface area contributed by atoms with Gasteiger partial charge in [0.1, 0.15) is 11.5 Å². The largest absolute Gasteiger partial charge is 0.461 e. The average Bonchev–Trinajstić information content (AvgIpc) is 2.69. The molecule has 0 N–H and O–H groups in total. The lowest BCUT2D eigenvalue weighted by Gasteiger charge is -1.97. The smallest absolute Gasteiger partial charge is 0.134 e. The van der Waals surface area contributed by atoms with Gasteiger partial charge in [-0.2, -0.15) is 0 Å². The normalized spacial score (nSPS) is 10.6. The molecular formula is C15H18O. The van der Waals surface area contributed by atoms with Crippen molar-refractivity contribution >= 4 is 0 Å². The Morgan fingerprint density at radius 3 is 2.56 bits per heavy atom. The highest BCUT2D eigenvalue weighted by Gasteiger charge is 2.08. The monoisotopic (exact) mass is 214 g/mol. The number of unbranched alkanes of at least 4 members (excludes halogenated alkanes) is 1. The lowest BCUT2D eigenvalue weighted by atomic mass is 10.1. The molecule has 0 saturated heterocycles. The van der Waals surface area contributed by atoms with Gasteiger partial charge in [0.05, 0.1) is 0 Å². The van der Waals surface area contributed by atoms with E-state index in [1.807, 2.05) is 18.2 Å². The average molecular weight is 214 g/mol. The molecule has 0 radical (unpaired) electrons. The van der Waals surface area contributed by atoms with E-state index in [-0.39, 0.29) is 0 Å². The molecule has 1 aromatic heterocycles. The molecule has 0 amide bonds. The van der Waals surface area contributed by atoms with Crippen LogP contribution in [0.3, 0.4) is 0 Å². The Bertz CT molecular complexity index is 440. The Kier molecular flexibility index (Phi) is 3.45. The first kappa shape index (κ1) is 11.0. The molecule has 1 nitrogen and oxygen atoms in total. The van der Waals surface area contributed by atoms with E-state index in [0.29, 0.717) is 0 Å². The predicted molar refractivity (Wildman–Crippen MR) is 67.5 cm³/mol. The van der Waals surface area contributed by atoms with Crippen molar-refractivity contribution in [2.75, 3.05) is 0 Å². The Labute approximate surface area is 97.1 Å². The molecule has 2 rings (SSSR count). The summed E-state index contributed by atoms with van der Waals surface area (Å²) in [6.45, 7) is 4.33. The third-order valence-electron chi connectivity index (χ3n) is 2.84. The predicted octanol–water partition coefficient (Wildman–Crippen LogP) is 4.60. The lowest BCUT2D eigenvalue weighted by Crippen LogP contribution is -1.82. The lowest BCUT2D eigenvalue weighted by molar-refractivity contribution is 0.509. The van der Waals surface area contributed by atoms with Crippen molar-refractivity contribution in [1.29, 1.82) is 0 Å². The molecule has 0 unspecified atom stereocenters. The molecule has 16 heavy (non-hydrogen) atoms. The molecule has 0 aliphatic heterocycles. The van der Waals surface area contributed by atoms with E-state index in [4.69, 9.17) is 4.42 Å². The first-order valence-corrected chi connectivity index (χ1v) is 5.96. The van der Waals surface area contributed by atoms with Gasteiger partial charge in [0.15, 0.2) is 0 Å². The first-order chi connectivity index (χ1) is 7.81. The zero-order chi connectivity index (χ0) is 11.4. The second-order valence-electron chi connectivity index (χ2n) is 4.19. The van der Waals surface area contributed by atoms with E-state index < -0.39 is 0 Å². The van der Waals surface area contributed by atoms with Gasteiger partial charge in [-0.1, -0.05) is 43.7 Å². The third-order valence-corrected chi connectivity index (χ3v) is 2.84. The number of hydrogen-bond acceptors (Lipinski definition) is 1. The van der Waals surface area contributed by atoms with Gasteiger partial charge in [-0.15, -0.1) is 0 Å². The number of aryl methyl sites for hydroxylation is 2. The second-order valence-corrected chi connectivity index (χ2v) is 4.19. The fourth-order valence-corrected chi connectivity index (χ4v) is 1.85. The van der Waals surface area contributed by atoms with Crippen LogP contribution in [0.25, 0.3) is 11.3 Å². The van der Waals surface area contributed by atoms with Crippen LogP contribution in [0.15, 0.2) is 40.8 Å². The minimum atomic E-state index is 0.990. The number of hydrogen-bond donors (Lipinski definition) is 0. The van der Waals surface area contributed by atoms with Gasteiger partial charge in [0.2, 0.25) is 0 Å². The number of furan rings is 1. The molecule has 84 valence electrons. The zero-order valence-electron chi connectivity index (χ0n) is 9.99. The highest BCUT2D eigenvalue weighted by molar-refractivity contribution is 5.58. The molecule has 1 aromatic carbocycles. The molecule has 0 aliphatic carbocycles. The van der Waals surface area contributed by atoms with E-state index in [2.05, 4.69) is 32.0 Å². The number of benzene rings is 1. The summed E-state index contributed by atoms with van der Waals surface area (Å²) < 4.78 is 5.90. The molecular weight excluding hydrogens is 196 g/mol. The van der Waals surface area contributed by atoms with Gasteiger partial charge in [-0.3, -0.25) is 0 Å². The van der Waals surface area contributed by atoms with Crippen molar-refractivity contribution in [3.8, 4) is 11.3 Å². The van der Waals surface area contributed by atoms with Crippen molar-refractivity contribution in [2.45, 2.75) is 33.1 Å². The van der Waals surface area contributed by atoms with E-state index in [0.717, 1.165) is 23.5 Å². The maximum Gasteiger partial charge on any atom is 0.134 e. The standard InChI is InChI=1S/C15H18O/c1-3-4-10-14-12(2)11-15(16-14)13-8-6-5-7-9-13/h5-9,11H,3-4,10H2,1-2H3. The van der Waals surface area contributed by atoms with Gasteiger partial charge >= 0.3 is 0 Å². The molecule has 0 spiro atoms. The molecule has 1 heteroatoms. The first-order valence-electron chi connectivity index (χ1n) is 5.96. The zero-order valence-corrected chi connectivity index (χ0v) is 9.99. The van der Waals surface area contributed by atoms with E-state index in [9.17, 15) is 0 Å². The van der Waals surface area contributed by atoms with Crippen molar-refractivity contribution in [2.24, 2.45) is 0 Å². The van der Waals surface area contributed by atoms with Crippen LogP contribution >= 0.6 is 0 Å². The summed E-state index contributed by atoms with van der Waals surface area (Å²) in [7, 11) is 0. The summed E-state index contributed by atoms with van der Waals surface area (Å²) in [5.41, 5.74) is 2.43. The minimum absolute atomic E-state index is 0.990. The van der Waals surface area contributed by atoms with Crippen molar-refractivity contribution in [3.05, 3.63) is 47.7 Å². The molecule has 0 saturated carbocycles. The van der Waals surface area contributed by atoms with E-state index in [1.165, 1.54) is 18.4 Å². The van der Waals surface area contributed by atoms with Gasteiger partial charge in [-0.05, 0) is 25.0 Å². The van der Waals surface area contributed by atoms with Crippen LogP contribution in [0.4, 0.5) is 0 Å². The second kappa shape index (κ2) is 5.02. The van der Waals surface area contributed by atoms with Gasteiger partial charge in [0, 0.05) is 12.0 Å². The molecule has 2 aromatic rings. The Morgan fingerprint density at radius 2 is 1.88 bits per heavy atom. The van der Waals surface area contributed by atoms with Crippen LogP contribution in [-0.2, 0) is 6.42 Å². The summed E-state index contributed by atoms with van der Waals surface area (Å²) >= 11 is 0. The van der Waals surface area contributed by atoms with Crippen LogP contribution in [-0.4, -0.2) is 0 Å². The van der Waals surface area contributed by atoms with Crippen molar-refractivity contribution in [1.82, 2.24) is 0 Å². The van der Waals surface area contributed by atoms with E-state index in [1.54, 1.807) is 0 Å². The summed E-state index contributed by atoms with van der Waals surface area (Å²) in [5, 5.41) is 0. The van der Waals surface area contributed by atoms with Gasteiger partial charge in [-0.25, -0.2) is 0 Å². The van der Waals surface area contributed by atoms with Crippen molar-refractivity contribution in [3.63, 3.8) is 0 Å². The molecule has 0 atom stereocenters. The highest BCUT2D eigenvalue weighted by Crippen LogP contribution is 2.25. The summed E-state index contributed by atoms with van der Waals surface area (Å²) in [6.07, 6.45) is 3.46. The van der Waals surface area contributed by atoms with Crippen LogP contribution in [0.1, 0.15) is 31.1 Å². The molecule has 0 fully saturated rings. The molecule has 0 bridgehead atoms. The fraction of sp³-hybridized carbons (Fsp3) is 0.333. The Morgan fingerprint density at radius 1 is 1.12 bits per heavy atom. The Balaban J connectivity index is 2.24. The Hall–Kier alpha value is -1.50. The fourth-order valence-electron chi connectivity index (χ4n) is 1.85. The van der Waals surface area contributed by atoms with Crippen LogP contribution in [0, 0.1) is 6.92 Å². The van der Waals surface area contributed by atoms with Crippen LogP contribution in [0.5, 0.6) is 0 Å². The van der Waals surface area contributed by atoms with Crippen molar-refractivity contribution < 1.29 is 4.42 Å². The molecule has 0 aliphatic rings. The van der Waals surface area contributed by atoms with Gasteiger partial charge < -0.3 is 4.42 Å². The quantitative estimate of drug-likeness (QED) is 0.725. The maximum atomic E-state index is 5.90. The topological polar surface area (TPSA) is 13.1 Å². The summed E-state index contributed by atoms with van der Waals surface area (Å²) in [6, 6.07) is 12.4. The summed E-state index contributed by atoms with van der Waals surface area (Å²) in [5.74, 6) is 2.13. The SMILES string of the molecule is CCCCc1oc(-c2ccccc2)cc1C.